The predicted octanol–water partition coefficient (Wildman–Crippen LogP) is 3.04. The van der Waals surface area contributed by atoms with Crippen LogP contribution < -0.4 is 0 Å². The van der Waals surface area contributed by atoms with Gasteiger partial charge in [0.1, 0.15) is 0 Å². The van der Waals surface area contributed by atoms with E-state index in [-0.39, 0.29) is 5.91 Å². The molecule has 1 aromatic heterocycles. The Hall–Kier alpha value is -1.68. The van der Waals surface area contributed by atoms with Crippen molar-refractivity contribution in [3.05, 3.63) is 63.9 Å². The Labute approximate surface area is 120 Å². The average Bonchev–Trinajstić information content (AvgIpc) is 2.47. The first kappa shape index (κ1) is 12.4. The minimum atomic E-state index is 0.0852. The maximum absolute atomic E-state index is 12.4. The van der Waals surface area contributed by atoms with E-state index in [0.29, 0.717) is 6.54 Å². The van der Waals surface area contributed by atoms with Gasteiger partial charge in [-0.2, -0.15) is 0 Å². The molecule has 1 aromatic carbocycles. The molecule has 0 fully saturated rings. The molecule has 2 aromatic rings. The SMILES string of the molecule is O=C(c1ccc(Br)cc1)N1CCc2ncccc2C1. The molecule has 0 saturated carbocycles. The van der Waals surface area contributed by atoms with Crippen molar-refractivity contribution in [1.82, 2.24) is 9.88 Å². The van der Waals surface area contributed by atoms with Gasteiger partial charge < -0.3 is 4.90 Å². The van der Waals surface area contributed by atoms with Crippen LogP contribution in [0.15, 0.2) is 47.1 Å². The largest absolute Gasteiger partial charge is 0.334 e. The summed E-state index contributed by atoms with van der Waals surface area (Å²) in [5, 5.41) is 0. The smallest absolute Gasteiger partial charge is 0.254 e. The standard InChI is InChI=1S/C15H13BrN2O/c16-13-5-3-11(4-6-13)15(19)18-9-7-14-12(10-18)2-1-8-17-14/h1-6,8H,7,9-10H2. The van der Waals surface area contributed by atoms with Crippen molar-refractivity contribution in [1.29, 1.82) is 0 Å². The molecule has 4 heteroatoms. The lowest BCUT2D eigenvalue weighted by Gasteiger charge is -2.28. The highest BCUT2D eigenvalue weighted by molar-refractivity contribution is 9.10. The van der Waals surface area contributed by atoms with E-state index in [2.05, 4.69) is 20.9 Å². The highest BCUT2D eigenvalue weighted by Crippen LogP contribution is 2.19. The number of amides is 1. The first-order valence-electron chi connectivity index (χ1n) is 6.21. The van der Waals surface area contributed by atoms with Crippen LogP contribution >= 0.6 is 15.9 Å². The van der Waals surface area contributed by atoms with Crippen LogP contribution in [0.25, 0.3) is 0 Å². The molecule has 0 aliphatic carbocycles. The van der Waals surface area contributed by atoms with E-state index in [9.17, 15) is 4.79 Å². The molecule has 0 bridgehead atoms. The van der Waals surface area contributed by atoms with Crippen molar-refractivity contribution in [2.75, 3.05) is 6.54 Å². The second-order valence-corrected chi connectivity index (χ2v) is 5.51. The van der Waals surface area contributed by atoms with Gasteiger partial charge in [-0.1, -0.05) is 22.0 Å². The molecule has 19 heavy (non-hydrogen) atoms. The van der Waals surface area contributed by atoms with Gasteiger partial charge in [-0.3, -0.25) is 9.78 Å². The highest BCUT2D eigenvalue weighted by Gasteiger charge is 2.21. The summed E-state index contributed by atoms with van der Waals surface area (Å²) >= 11 is 3.38. The Morgan fingerprint density at radius 3 is 2.79 bits per heavy atom. The van der Waals surface area contributed by atoms with E-state index in [0.717, 1.165) is 34.3 Å². The van der Waals surface area contributed by atoms with Crippen LogP contribution in [0.5, 0.6) is 0 Å². The van der Waals surface area contributed by atoms with Crippen LogP contribution in [0.3, 0.4) is 0 Å². The summed E-state index contributed by atoms with van der Waals surface area (Å²) in [6, 6.07) is 11.5. The Morgan fingerprint density at radius 2 is 2.00 bits per heavy atom. The Morgan fingerprint density at radius 1 is 1.21 bits per heavy atom. The number of fused-ring (bicyclic) bond motifs is 1. The van der Waals surface area contributed by atoms with Gasteiger partial charge in [0.05, 0.1) is 0 Å². The molecule has 0 radical (unpaired) electrons. The number of aromatic nitrogens is 1. The monoisotopic (exact) mass is 316 g/mol. The topological polar surface area (TPSA) is 33.2 Å². The minimum Gasteiger partial charge on any atom is -0.334 e. The predicted molar refractivity (Wildman–Crippen MR) is 76.8 cm³/mol. The third-order valence-corrected chi connectivity index (χ3v) is 3.87. The van der Waals surface area contributed by atoms with E-state index >= 15 is 0 Å². The fraction of sp³-hybridized carbons (Fsp3) is 0.200. The van der Waals surface area contributed by atoms with Gasteiger partial charge in [-0.15, -0.1) is 0 Å². The maximum atomic E-state index is 12.4. The van der Waals surface area contributed by atoms with Crippen molar-refractivity contribution in [2.45, 2.75) is 13.0 Å². The van der Waals surface area contributed by atoms with Crippen LogP contribution in [0.2, 0.25) is 0 Å². The number of hydrogen-bond donors (Lipinski definition) is 0. The number of rotatable bonds is 1. The van der Waals surface area contributed by atoms with Gasteiger partial charge in [0, 0.05) is 41.4 Å². The van der Waals surface area contributed by atoms with Gasteiger partial charge in [-0.05, 0) is 35.9 Å². The van der Waals surface area contributed by atoms with Gasteiger partial charge in [0.15, 0.2) is 0 Å². The van der Waals surface area contributed by atoms with E-state index in [4.69, 9.17) is 0 Å². The molecule has 3 rings (SSSR count). The van der Waals surface area contributed by atoms with Gasteiger partial charge in [0.2, 0.25) is 0 Å². The summed E-state index contributed by atoms with van der Waals surface area (Å²) < 4.78 is 0.984. The first-order chi connectivity index (χ1) is 9.24. The molecule has 1 amide bonds. The summed E-state index contributed by atoms with van der Waals surface area (Å²) in [6.45, 7) is 1.39. The van der Waals surface area contributed by atoms with Crippen molar-refractivity contribution < 1.29 is 4.79 Å². The third kappa shape index (κ3) is 2.54. The number of halogens is 1. The van der Waals surface area contributed by atoms with Gasteiger partial charge in [0.25, 0.3) is 5.91 Å². The normalized spacial score (nSPS) is 14.1. The summed E-state index contributed by atoms with van der Waals surface area (Å²) in [5.41, 5.74) is 3.00. The molecular weight excluding hydrogens is 304 g/mol. The number of hydrogen-bond acceptors (Lipinski definition) is 2. The van der Waals surface area contributed by atoms with Gasteiger partial charge in [-0.25, -0.2) is 0 Å². The summed E-state index contributed by atoms with van der Waals surface area (Å²) in [7, 11) is 0. The van der Waals surface area contributed by atoms with E-state index in [1.54, 1.807) is 0 Å². The fourth-order valence-electron chi connectivity index (χ4n) is 2.31. The number of pyridine rings is 1. The first-order valence-corrected chi connectivity index (χ1v) is 7.01. The molecule has 2 heterocycles. The molecule has 96 valence electrons. The summed E-state index contributed by atoms with van der Waals surface area (Å²) in [6.07, 6.45) is 2.64. The second-order valence-electron chi connectivity index (χ2n) is 4.59. The van der Waals surface area contributed by atoms with Crippen molar-refractivity contribution in [3.8, 4) is 0 Å². The lowest BCUT2D eigenvalue weighted by Crippen LogP contribution is -2.36. The fourth-order valence-corrected chi connectivity index (χ4v) is 2.58. The quantitative estimate of drug-likeness (QED) is 0.810. The molecule has 3 nitrogen and oxygen atoms in total. The van der Waals surface area contributed by atoms with Crippen LogP contribution in [0.4, 0.5) is 0 Å². The van der Waals surface area contributed by atoms with E-state index in [1.807, 2.05) is 47.5 Å². The zero-order valence-electron chi connectivity index (χ0n) is 10.3. The molecule has 0 unspecified atom stereocenters. The second kappa shape index (κ2) is 5.13. The third-order valence-electron chi connectivity index (χ3n) is 3.34. The summed E-state index contributed by atoms with van der Waals surface area (Å²) in [4.78, 5) is 18.6. The zero-order valence-corrected chi connectivity index (χ0v) is 11.9. The molecule has 0 spiro atoms. The minimum absolute atomic E-state index is 0.0852. The number of benzene rings is 1. The van der Waals surface area contributed by atoms with Crippen molar-refractivity contribution in [2.24, 2.45) is 0 Å². The van der Waals surface area contributed by atoms with E-state index in [1.165, 1.54) is 0 Å². The van der Waals surface area contributed by atoms with Crippen LogP contribution in [-0.4, -0.2) is 22.3 Å². The molecule has 0 N–H and O–H groups in total. The maximum Gasteiger partial charge on any atom is 0.254 e. The number of carbonyl (C=O) groups is 1. The lowest BCUT2D eigenvalue weighted by molar-refractivity contribution is 0.0733. The number of carbonyl (C=O) groups excluding carboxylic acids is 1. The Bertz CT molecular complexity index is 610. The molecule has 0 atom stereocenters. The van der Waals surface area contributed by atoms with Crippen LogP contribution in [-0.2, 0) is 13.0 Å². The van der Waals surface area contributed by atoms with Crippen LogP contribution in [0, 0.1) is 0 Å². The van der Waals surface area contributed by atoms with Crippen molar-refractivity contribution in [3.63, 3.8) is 0 Å². The van der Waals surface area contributed by atoms with Crippen LogP contribution in [0.1, 0.15) is 21.6 Å². The van der Waals surface area contributed by atoms with E-state index < -0.39 is 0 Å². The zero-order chi connectivity index (χ0) is 13.2. The summed E-state index contributed by atoms with van der Waals surface area (Å²) in [5.74, 6) is 0.0852. The average molecular weight is 317 g/mol. The number of nitrogens with zero attached hydrogens (tertiary/aromatic N) is 2. The molecule has 1 aliphatic rings. The molecule has 0 saturated heterocycles. The molecule has 1 aliphatic heterocycles. The van der Waals surface area contributed by atoms with Gasteiger partial charge >= 0.3 is 0 Å². The van der Waals surface area contributed by atoms with Crippen molar-refractivity contribution >= 4 is 21.8 Å². The molecular formula is C15H13BrN2O. The Balaban J connectivity index is 1.81. The highest BCUT2D eigenvalue weighted by atomic mass is 79.9. The lowest BCUT2D eigenvalue weighted by atomic mass is 10.0. The Kier molecular flexibility index (Phi) is 3.34.